The standard InChI is InChI=1S/C13H23NO2/c1-16-14-13-10-7-9-12(13)8-5-3-2-4-6-11-15/h9-10,14-15H,2-8,11H2,1H3. The summed E-state index contributed by atoms with van der Waals surface area (Å²) in [6.45, 7) is 0.329. The van der Waals surface area contributed by atoms with Crippen LogP contribution in [0.4, 0.5) is 0 Å². The van der Waals surface area contributed by atoms with Crippen LogP contribution in [0.3, 0.4) is 0 Å². The first-order chi connectivity index (χ1) is 7.88. The molecule has 0 spiro atoms. The summed E-state index contributed by atoms with van der Waals surface area (Å²) in [5, 5.41) is 8.65. The number of unbranched alkanes of at least 4 members (excludes halogenated alkanes) is 4. The van der Waals surface area contributed by atoms with Crippen LogP contribution in [-0.2, 0) is 4.84 Å². The van der Waals surface area contributed by atoms with Crippen molar-refractivity contribution in [3.8, 4) is 0 Å². The lowest BCUT2D eigenvalue weighted by Gasteiger charge is -2.09. The molecule has 2 N–H and O–H groups in total. The van der Waals surface area contributed by atoms with Gasteiger partial charge >= 0.3 is 0 Å². The lowest BCUT2D eigenvalue weighted by molar-refractivity contribution is 0.119. The SMILES string of the molecule is CONC1=CCC=C1CCCCCCCO. The van der Waals surface area contributed by atoms with Crippen LogP contribution in [0.1, 0.15) is 44.9 Å². The summed E-state index contributed by atoms with van der Waals surface area (Å²) >= 11 is 0. The average molecular weight is 225 g/mol. The third-order valence-electron chi connectivity index (χ3n) is 2.85. The second-order valence-electron chi connectivity index (χ2n) is 4.13. The number of hydroxylamine groups is 1. The molecule has 0 aromatic heterocycles. The number of hydrogen-bond donors (Lipinski definition) is 2. The van der Waals surface area contributed by atoms with Gasteiger partial charge < -0.3 is 5.11 Å². The van der Waals surface area contributed by atoms with Crippen LogP contribution in [0.2, 0.25) is 0 Å². The molecule has 92 valence electrons. The zero-order valence-electron chi connectivity index (χ0n) is 10.2. The van der Waals surface area contributed by atoms with Gasteiger partial charge in [0.15, 0.2) is 0 Å². The van der Waals surface area contributed by atoms with Crippen molar-refractivity contribution in [3.63, 3.8) is 0 Å². The molecule has 0 heterocycles. The summed E-state index contributed by atoms with van der Waals surface area (Å²) in [4.78, 5) is 4.93. The predicted octanol–water partition coefficient (Wildman–Crippen LogP) is 2.68. The van der Waals surface area contributed by atoms with Crippen LogP contribution in [-0.4, -0.2) is 18.8 Å². The lowest BCUT2D eigenvalue weighted by atomic mass is 10.1. The van der Waals surface area contributed by atoms with Crippen molar-refractivity contribution in [2.75, 3.05) is 13.7 Å². The molecule has 3 heteroatoms. The van der Waals surface area contributed by atoms with Crippen molar-refractivity contribution < 1.29 is 9.94 Å². The predicted molar refractivity (Wildman–Crippen MR) is 65.7 cm³/mol. The first-order valence-electron chi connectivity index (χ1n) is 6.18. The van der Waals surface area contributed by atoms with E-state index in [1.54, 1.807) is 7.11 Å². The van der Waals surface area contributed by atoms with Gasteiger partial charge in [0, 0.05) is 6.61 Å². The Labute approximate surface area is 98.1 Å². The molecule has 0 fully saturated rings. The number of rotatable bonds is 9. The fourth-order valence-corrected chi connectivity index (χ4v) is 1.97. The van der Waals surface area contributed by atoms with Crippen LogP contribution in [0.25, 0.3) is 0 Å². The molecule has 0 saturated heterocycles. The molecule has 16 heavy (non-hydrogen) atoms. The van der Waals surface area contributed by atoms with E-state index in [4.69, 9.17) is 9.94 Å². The molecule has 0 atom stereocenters. The molecule has 0 amide bonds. The van der Waals surface area contributed by atoms with Gasteiger partial charge in [-0.2, -0.15) is 0 Å². The van der Waals surface area contributed by atoms with E-state index in [-0.39, 0.29) is 0 Å². The van der Waals surface area contributed by atoms with Gasteiger partial charge in [0.2, 0.25) is 0 Å². The Balaban J connectivity index is 2.07. The van der Waals surface area contributed by atoms with Gasteiger partial charge in [-0.3, -0.25) is 10.3 Å². The second kappa shape index (κ2) is 8.36. The summed E-state index contributed by atoms with van der Waals surface area (Å²) in [5.41, 5.74) is 5.43. The van der Waals surface area contributed by atoms with Crippen LogP contribution in [0.5, 0.6) is 0 Å². The summed E-state index contributed by atoms with van der Waals surface area (Å²) < 4.78 is 0. The van der Waals surface area contributed by atoms with Crippen molar-refractivity contribution in [1.82, 2.24) is 5.48 Å². The maximum absolute atomic E-state index is 8.65. The van der Waals surface area contributed by atoms with E-state index >= 15 is 0 Å². The van der Waals surface area contributed by atoms with E-state index < -0.39 is 0 Å². The van der Waals surface area contributed by atoms with E-state index in [2.05, 4.69) is 17.6 Å². The number of hydrogen-bond acceptors (Lipinski definition) is 3. The van der Waals surface area contributed by atoms with Crippen LogP contribution in [0.15, 0.2) is 23.4 Å². The Kier molecular flexibility index (Phi) is 6.93. The highest BCUT2D eigenvalue weighted by Crippen LogP contribution is 2.22. The molecule has 0 aromatic carbocycles. The molecule has 0 radical (unpaired) electrons. The molecular formula is C13H23NO2. The highest BCUT2D eigenvalue weighted by Gasteiger charge is 2.08. The summed E-state index contributed by atoms with van der Waals surface area (Å²) in [5.74, 6) is 0. The molecule has 3 nitrogen and oxygen atoms in total. The quantitative estimate of drug-likeness (QED) is 0.468. The first-order valence-corrected chi connectivity index (χ1v) is 6.18. The molecule has 0 unspecified atom stereocenters. The van der Waals surface area contributed by atoms with Crippen LogP contribution in [0, 0.1) is 0 Å². The molecule has 0 bridgehead atoms. The molecule has 1 aliphatic carbocycles. The van der Waals surface area contributed by atoms with Crippen molar-refractivity contribution in [2.24, 2.45) is 0 Å². The topological polar surface area (TPSA) is 41.5 Å². The molecule has 0 saturated carbocycles. The highest BCUT2D eigenvalue weighted by molar-refractivity contribution is 5.34. The van der Waals surface area contributed by atoms with Gasteiger partial charge in [-0.25, -0.2) is 0 Å². The Hall–Kier alpha value is -0.800. The Morgan fingerprint density at radius 2 is 1.94 bits per heavy atom. The van der Waals surface area contributed by atoms with Crippen molar-refractivity contribution >= 4 is 0 Å². The minimum absolute atomic E-state index is 0.329. The van der Waals surface area contributed by atoms with Gasteiger partial charge in [0.25, 0.3) is 0 Å². The molecule has 0 aromatic rings. The minimum atomic E-state index is 0.329. The van der Waals surface area contributed by atoms with Crippen molar-refractivity contribution in [1.29, 1.82) is 0 Å². The smallest absolute Gasteiger partial charge is 0.0636 e. The van der Waals surface area contributed by atoms with Crippen molar-refractivity contribution in [3.05, 3.63) is 23.4 Å². The summed E-state index contributed by atoms with van der Waals surface area (Å²) in [6, 6.07) is 0. The van der Waals surface area contributed by atoms with E-state index in [0.29, 0.717) is 6.61 Å². The maximum Gasteiger partial charge on any atom is 0.0636 e. The molecule has 1 aliphatic rings. The van der Waals surface area contributed by atoms with Gasteiger partial charge in [-0.05, 0) is 31.3 Å². The maximum atomic E-state index is 8.65. The molecule has 0 aliphatic heterocycles. The third-order valence-corrected chi connectivity index (χ3v) is 2.85. The molecular weight excluding hydrogens is 202 g/mol. The average Bonchev–Trinajstić information content (AvgIpc) is 2.72. The van der Waals surface area contributed by atoms with Gasteiger partial charge in [0.05, 0.1) is 12.8 Å². The number of allylic oxidation sites excluding steroid dienone is 3. The number of aliphatic hydroxyl groups excluding tert-OH is 1. The Morgan fingerprint density at radius 3 is 2.69 bits per heavy atom. The minimum Gasteiger partial charge on any atom is -0.396 e. The summed E-state index contributed by atoms with van der Waals surface area (Å²) in [7, 11) is 1.64. The van der Waals surface area contributed by atoms with Crippen molar-refractivity contribution in [2.45, 2.75) is 44.9 Å². The zero-order valence-corrected chi connectivity index (χ0v) is 10.2. The van der Waals surface area contributed by atoms with E-state index in [9.17, 15) is 0 Å². The van der Waals surface area contributed by atoms with Crippen LogP contribution < -0.4 is 5.48 Å². The number of nitrogens with one attached hydrogen (secondary N) is 1. The second-order valence-corrected chi connectivity index (χ2v) is 4.13. The van der Waals surface area contributed by atoms with E-state index in [0.717, 1.165) is 31.4 Å². The van der Waals surface area contributed by atoms with E-state index in [1.807, 2.05) is 0 Å². The molecule has 1 rings (SSSR count). The zero-order chi connectivity index (χ0) is 11.6. The van der Waals surface area contributed by atoms with Gasteiger partial charge in [-0.1, -0.05) is 31.4 Å². The lowest BCUT2D eigenvalue weighted by Crippen LogP contribution is -2.11. The first kappa shape index (κ1) is 13.3. The van der Waals surface area contributed by atoms with E-state index in [1.165, 1.54) is 24.8 Å². The summed E-state index contributed by atoms with van der Waals surface area (Å²) in [6.07, 6.45) is 12.3. The van der Waals surface area contributed by atoms with Gasteiger partial charge in [-0.15, -0.1) is 0 Å². The highest BCUT2D eigenvalue weighted by atomic mass is 16.6. The fraction of sp³-hybridized carbons (Fsp3) is 0.692. The fourth-order valence-electron chi connectivity index (χ4n) is 1.97. The Morgan fingerprint density at radius 1 is 1.19 bits per heavy atom. The van der Waals surface area contributed by atoms with Crippen LogP contribution >= 0.6 is 0 Å². The third kappa shape index (κ3) is 4.81. The monoisotopic (exact) mass is 225 g/mol. The normalized spacial score (nSPS) is 14.9. The largest absolute Gasteiger partial charge is 0.396 e. The number of aliphatic hydroxyl groups is 1. The van der Waals surface area contributed by atoms with Gasteiger partial charge in [0.1, 0.15) is 0 Å². The Bertz CT molecular complexity index is 246.